The van der Waals surface area contributed by atoms with Crippen molar-refractivity contribution < 1.29 is 0 Å². The van der Waals surface area contributed by atoms with Crippen molar-refractivity contribution in [3.8, 4) is 0 Å². The lowest BCUT2D eigenvalue weighted by Gasteiger charge is -2.17. The molecule has 0 saturated heterocycles. The van der Waals surface area contributed by atoms with Crippen LogP contribution in [-0.4, -0.2) is 14.8 Å². The first-order valence-electron chi connectivity index (χ1n) is 4.84. The Kier molecular flexibility index (Phi) is 2.67. The van der Waals surface area contributed by atoms with Crippen LogP contribution in [0.25, 0.3) is 0 Å². The quantitative estimate of drug-likeness (QED) is 0.760. The smallest absolute Gasteiger partial charge is 0.195 e. The van der Waals surface area contributed by atoms with Gasteiger partial charge in [0.25, 0.3) is 0 Å². The third kappa shape index (κ3) is 1.93. The number of hydrogen-bond donors (Lipinski definition) is 0. The zero-order valence-electron chi connectivity index (χ0n) is 7.83. The molecule has 1 fully saturated rings. The van der Waals surface area contributed by atoms with Crippen LogP contribution >= 0.6 is 15.9 Å². The second kappa shape index (κ2) is 3.78. The average molecular weight is 244 g/mol. The molecule has 2 rings (SSSR count). The van der Waals surface area contributed by atoms with E-state index in [4.69, 9.17) is 0 Å². The van der Waals surface area contributed by atoms with Gasteiger partial charge in [-0.1, -0.05) is 19.3 Å². The van der Waals surface area contributed by atoms with Crippen molar-refractivity contribution in [3.63, 3.8) is 0 Å². The van der Waals surface area contributed by atoms with E-state index in [0.717, 1.165) is 10.6 Å². The summed E-state index contributed by atoms with van der Waals surface area (Å²) >= 11 is 3.37. The lowest BCUT2D eigenvalue weighted by Crippen LogP contribution is -2.06. The average Bonchev–Trinajstić information content (AvgIpc) is 2.49. The van der Waals surface area contributed by atoms with E-state index >= 15 is 0 Å². The van der Waals surface area contributed by atoms with Crippen LogP contribution in [0.5, 0.6) is 0 Å². The summed E-state index contributed by atoms with van der Waals surface area (Å²) in [5.74, 6) is 1.63. The highest BCUT2D eigenvalue weighted by Crippen LogP contribution is 2.31. The zero-order valence-corrected chi connectivity index (χ0v) is 9.42. The van der Waals surface area contributed by atoms with Gasteiger partial charge in [-0.2, -0.15) is 5.10 Å². The fourth-order valence-corrected chi connectivity index (χ4v) is 2.18. The predicted octanol–water partition coefficient (Wildman–Crippen LogP) is 2.63. The van der Waals surface area contributed by atoms with Crippen LogP contribution in [0.1, 0.15) is 43.8 Å². The highest BCUT2D eigenvalue weighted by Gasteiger charge is 2.19. The number of nitrogens with zero attached hydrogens (tertiary/aromatic N) is 3. The van der Waals surface area contributed by atoms with E-state index < -0.39 is 0 Å². The fraction of sp³-hybridized carbons (Fsp3) is 0.778. The van der Waals surface area contributed by atoms with Gasteiger partial charge in [-0.05, 0) is 28.8 Å². The Hall–Kier alpha value is -0.380. The predicted molar refractivity (Wildman–Crippen MR) is 54.5 cm³/mol. The molecule has 1 aliphatic carbocycles. The molecule has 0 aromatic carbocycles. The monoisotopic (exact) mass is 243 g/mol. The molecule has 0 atom stereocenters. The molecule has 1 aliphatic rings. The Labute approximate surface area is 86.7 Å². The van der Waals surface area contributed by atoms with Crippen LogP contribution in [0, 0.1) is 0 Å². The van der Waals surface area contributed by atoms with E-state index in [1.54, 1.807) is 4.68 Å². The molecule has 0 aliphatic heterocycles. The molecule has 0 N–H and O–H groups in total. The molecule has 0 amide bonds. The second-order valence-electron chi connectivity index (χ2n) is 3.70. The summed E-state index contributed by atoms with van der Waals surface area (Å²) in [5.41, 5.74) is 0. The zero-order chi connectivity index (χ0) is 9.26. The van der Waals surface area contributed by atoms with Crippen LogP contribution in [0.3, 0.4) is 0 Å². The van der Waals surface area contributed by atoms with Gasteiger partial charge in [0.1, 0.15) is 0 Å². The summed E-state index contributed by atoms with van der Waals surface area (Å²) in [6, 6.07) is 0. The summed E-state index contributed by atoms with van der Waals surface area (Å²) in [6.07, 6.45) is 6.57. The molecule has 1 aromatic heterocycles. The lowest BCUT2D eigenvalue weighted by atomic mass is 9.89. The highest BCUT2D eigenvalue weighted by molar-refractivity contribution is 9.10. The molecular weight excluding hydrogens is 230 g/mol. The first kappa shape index (κ1) is 9.19. The van der Waals surface area contributed by atoms with Gasteiger partial charge in [0, 0.05) is 13.0 Å². The van der Waals surface area contributed by atoms with E-state index in [9.17, 15) is 0 Å². The summed E-state index contributed by atoms with van der Waals surface area (Å²) in [7, 11) is 1.92. The first-order chi connectivity index (χ1) is 6.27. The molecule has 1 heterocycles. The first-order valence-corrected chi connectivity index (χ1v) is 5.63. The van der Waals surface area contributed by atoms with Gasteiger partial charge in [0.15, 0.2) is 10.6 Å². The van der Waals surface area contributed by atoms with Gasteiger partial charge < -0.3 is 0 Å². The summed E-state index contributed by atoms with van der Waals surface area (Å²) in [5, 5.41) is 4.39. The second-order valence-corrected chi connectivity index (χ2v) is 4.41. The van der Waals surface area contributed by atoms with Gasteiger partial charge >= 0.3 is 0 Å². The Balaban J connectivity index is 2.14. The van der Waals surface area contributed by atoms with Crippen LogP contribution in [0.4, 0.5) is 0 Å². The van der Waals surface area contributed by atoms with Crippen molar-refractivity contribution >= 4 is 15.9 Å². The van der Waals surface area contributed by atoms with Crippen LogP contribution < -0.4 is 0 Å². The van der Waals surface area contributed by atoms with Crippen LogP contribution in [0.15, 0.2) is 4.73 Å². The molecule has 0 radical (unpaired) electrons. The minimum atomic E-state index is 0.603. The SMILES string of the molecule is Cn1nc(C2CCCCC2)nc1Br. The molecule has 0 bridgehead atoms. The van der Waals surface area contributed by atoms with Crippen molar-refractivity contribution in [1.29, 1.82) is 0 Å². The molecule has 4 heteroatoms. The summed E-state index contributed by atoms with van der Waals surface area (Å²) in [4.78, 5) is 4.40. The van der Waals surface area contributed by atoms with E-state index in [1.165, 1.54) is 32.1 Å². The maximum atomic E-state index is 4.40. The van der Waals surface area contributed by atoms with E-state index in [0.29, 0.717) is 5.92 Å². The molecule has 0 spiro atoms. The summed E-state index contributed by atoms with van der Waals surface area (Å²) in [6.45, 7) is 0. The largest absolute Gasteiger partial charge is 0.243 e. The topological polar surface area (TPSA) is 30.7 Å². The number of rotatable bonds is 1. The normalized spacial score (nSPS) is 19.2. The number of halogens is 1. The number of aryl methyl sites for hydroxylation is 1. The molecule has 0 unspecified atom stereocenters. The van der Waals surface area contributed by atoms with Crippen molar-refractivity contribution in [2.24, 2.45) is 7.05 Å². The van der Waals surface area contributed by atoms with Crippen molar-refractivity contribution in [2.75, 3.05) is 0 Å². The molecule has 13 heavy (non-hydrogen) atoms. The van der Waals surface area contributed by atoms with Crippen molar-refractivity contribution in [1.82, 2.24) is 14.8 Å². The van der Waals surface area contributed by atoms with Gasteiger partial charge in [-0.3, -0.25) is 0 Å². The van der Waals surface area contributed by atoms with Crippen LogP contribution in [-0.2, 0) is 7.05 Å². The van der Waals surface area contributed by atoms with E-state index in [-0.39, 0.29) is 0 Å². The van der Waals surface area contributed by atoms with Crippen molar-refractivity contribution in [2.45, 2.75) is 38.0 Å². The van der Waals surface area contributed by atoms with Gasteiger partial charge in [0.2, 0.25) is 0 Å². The van der Waals surface area contributed by atoms with Crippen molar-refractivity contribution in [3.05, 3.63) is 10.6 Å². The molecule has 1 aromatic rings. The van der Waals surface area contributed by atoms with Gasteiger partial charge in [0.05, 0.1) is 0 Å². The van der Waals surface area contributed by atoms with E-state index in [2.05, 4.69) is 26.0 Å². The van der Waals surface area contributed by atoms with Gasteiger partial charge in [-0.25, -0.2) is 9.67 Å². The third-order valence-corrected chi connectivity index (χ3v) is 3.39. The molecule has 3 nitrogen and oxygen atoms in total. The number of aromatic nitrogens is 3. The minimum Gasteiger partial charge on any atom is -0.243 e. The Morgan fingerprint density at radius 1 is 1.31 bits per heavy atom. The highest BCUT2D eigenvalue weighted by atomic mass is 79.9. The Bertz CT molecular complexity index is 270. The molecule has 72 valence electrons. The molecule has 1 saturated carbocycles. The lowest BCUT2D eigenvalue weighted by molar-refractivity contribution is 0.427. The fourth-order valence-electron chi connectivity index (χ4n) is 1.92. The third-order valence-electron chi connectivity index (χ3n) is 2.70. The Morgan fingerprint density at radius 2 is 2.00 bits per heavy atom. The summed E-state index contributed by atoms with van der Waals surface area (Å²) < 4.78 is 2.64. The standard InChI is InChI=1S/C9H14BrN3/c1-13-9(10)11-8(12-13)7-5-3-2-4-6-7/h7H,2-6H2,1H3. The van der Waals surface area contributed by atoms with Crippen LogP contribution in [0.2, 0.25) is 0 Å². The maximum Gasteiger partial charge on any atom is 0.195 e. The number of hydrogen-bond acceptors (Lipinski definition) is 2. The Morgan fingerprint density at radius 3 is 2.54 bits per heavy atom. The van der Waals surface area contributed by atoms with E-state index in [1.807, 2.05) is 7.05 Å². The maximum absolute atomic E-state index is 4.40. The van der Waals surface area contributed by atoms with Gasteiger partial charge in [-0.15, -0.1) is 0 Å². The minimum absolute atomic E-state index is 0.603. The molecular formula is C9H14BrN3.